The number of rotatable bonds is 3. The molecule has 126 valence electrons. The van der Waals surface area contributed by atoms with Crippen LogP contribution in [-0.4, -0.2) is 47.9 Å². The van der Waals surface area contributed by atoms with Gasteiger partial charge in [0.05, 0.1) is 10.3 Å². The Kier molecular flexibility index (Phi) is 4.33. The largest absolute Gasteiger partial charge is 0.371 e. The number of nitro groups is 1. The number of carbonyl (C=O) groups is 1. The molecular weight excluding hydrogens is 308 g/mol. The third-order valence-electron chi connectivity index (χ3n) is 4.59. The van der Waals surface area contributed by atoms with Gasteiger partial charge in [-0.2, -0.15) is 0 Å². The maximum atomic E-state index is 12.1. The van der Waals surface area contributed by atoms with Crippen molar-refractivity contribution in [2.24, 2.45) is 5.92 Å². The van der Waals surface area contributed by atoms with Crippen LogP contribution in [0.15, 0.2) is 30.6 Å². The van der Waals surface area contributed by atoms with Crippen LogP contribution in [0.5, 0.6) is 0 Å². The normalized spacial score (nSPS) is 15.5. The van der Waals surface area contributed by atoms with Gasteiger partial charge in [0.15, 0.2) is 0 Å². The van der Waals surface area contributed by atoms with Gasteiger partial charge in [-0.05, 0) is 25.0 Å². The molecule has 1 aromatic heterocycles. The lowest BCUT2D eigenvalue weighted by Gasteiger charge is -2.34. The highest BCUT2D eigenvalue weighted by atomic mass is 16.6. The number of aromatic nitrogens is 1. The second kappa shape index (κ2) is 6.43. The minimum Gasteiger partial charge on any atom is -0.371 e. The first-order valence-corrected chi connectivity index (χ1v) is 7.96. The van der Waals surface area contributed by atoms with Crippen LogP contribution in [0.4, 0.5) is 11.4 Å². The molecule has 2 heterocycles. The summed E-state index contributed by atoms with van der Waals surface area (Å²) in [5.41, 5.74) is 1.04. The predicted octanol–water partition coefficient (Wildman–Crippen LogP) is 2.45. The van der Waals surface area contributed by atoms with Crippen LogP contribution in [0.3, 0.4) is 0 Å². The standard InChI is InChI=1S/C17H20N4O3/c1-19(2)17(22)12-6-9-20(10-7-12)15-3-4-16(21(23)24)14-11-18-8-5-13(14)15/h3-5,8,11-12H,6-7,9-10H2,1-2H3. The summed E-state index contributed by atoms with van der Waals surface area (Å²) < 4.78 is 0. The number of nitrogens with zero attached hydrogens (tertiary/aromatic N) is 4. The Morgan fingerprint density at radius 3 is 2.58 bits per heavy atom. The molecule has 0 bridgehead atoms. The van der Waals surface area contributed by atoms with Crippen LogP contribution in [-0.2, 0) is 4.79 Å². The lowest BCUT2D eigenvalue weighted by atomic mass is 9.94. The Morgan fingerprint density at radius 2 is 1.96 bits per heavy atom. The minimum absolute atomic E-state index is 0.0576. The number of piperidine rings is 1. The van der Waals surface area contributed by atoms with Crippen molar-refractivity contribution >= 4 is 28.1 Å². The van der Waals surface area contributed by atoms with E-state index in [1.54, 1.807) is 37.5 Å². The summed E-state index contributed by atoms with van der Waals surface area (Å²) in [7, 11) is 3.57. The van der Waals surface area contributed by atoms with Crippen molar-refractivity contribution < 1.29 is 9.72 Å². The number of non-ortho nitro benzene ring substituents is 1. The fraction of sp³-hybridized carbons (Fsp3) is 0.412. The maximum absolute atomic E-state index is 12.1. The molecule has 24 heavy (non-hydrogen) atoms. The third-order valence-corrected chi connectivity index (χ3v) is 4.59. The Morgan fingerprint density at radius 1 is 1.25 bits per heavy atom. The van der Waals surface area contributed by atoms with Gasteiger partial charge in [0.1, 0.15) is 0 Å². The number of pyridine rings is 1. The van der Waals surface area contributed by atoms with E-state index < -0.39 is 0 Å². The van der Waals surface area contributed by atoms with Gasteiger partial charge in [0, 0.05) is 62.6 Å². The van der Waals surface area contributed by atoms with Crippen molar-refractivity contribution in [3.63, 3.8) is 0 Å². The predicted molar refractivity (Wildman–Crippen MR) is 92.0 cm³/mol. The van der Waals surface area contributed by atoms with Crippen molar-refractivity contribution in [1.29, 1.82) is 0 Å². The molecule has 0 saturated carbocycles. The number of fused-ring (bicyclic) bond motifs is 1. The highest BCUT2D eigenvalue weighted by Gasteiger charge is 2.27. The van der Waals surface area contributed by atoms with Gasteiger partial charge in [0.2, 0.25) is 5.91 Å². The van der Waals surface area contributed by atoms with Crippen molar-refractivity contribution in [3.05, 3.63) is 40.7 Å². The van der Waals surface area contributed by atoms with E-state index in [9.17, 15) is 14.9 Å². The molecule has 1 aliphatic heterocycles. The first kappa shape index (κ1) is 16.2. The highest BCUT2D eigenvalue weighted by molar-refractivity contribution is 5.99. The number of nitro benzene ring substituents is 1. The summed E-state index contributed by atoms with van der Waals surface area (Å²) >= 11 is 0. The quantitative estimate of drug-likeness (QED) is 0.639. The van der Waals surface area contributed by atoms with Crippen LogP contribution in [0.1, 0.15) is 12.8 Å². The lowest BCUT2D eigenvalue weighted by molar-refractivity contribution is -0.383. The number of hydrogen-bond donors (Lipinski definition) is 0. The van der Waals surface area contributed by atoms with Crippen LogP contribution < -0.4 is 4.90 Å². The maximum Gasteiger partial charge on any atom is 0.278 e. The molecular formula is C17H20N4O3. The van der Waals surface area contributed by atoms with Gasteiger partial charge >= 0.3 is 0 Å². The molecule has 1 fully saturated rings. The first-order chi connectivity index (χ1) is 11.5. The Balaban J connectivity index is 1.88. The smallest absolute Gasteiger partial charge is 0.278 e. The summed E-state index contributed by atoms with van der Waals surface area (Å²) in [6.45, 7) is 1.53. The molecule has 0 spiro atoms. The molecule has 2 aromatic rings. The second-order valence-corrected chi connectivity index (χ2v) is 6.28. The summed E-state index contributed by atoms with van der Waals surface area (Å²) in [4.78, 5) is 30.8. The number of anilines is 1. The van der Waals surface area contributed by atoms with Gasteiger partial charge in [-0.1, -0.05) is 0 Å². The Hall–Kier alpha value is -2.70. The van der Waals surface area contributed by atoms with Crippen LogP contribution in [0.2, 0.25) is 0 Å². The number of amides is 1. The molecule has 1 saturated heterocycles. The molecule has 7 heteroatoms. The summed E-state index contributed by atoms with van der Waals surface area (Å²) in [5, 5.41) is 12.6. The number of benzene rings is 1. The molecule has 3 rings (SSSR count). The van der Waals surface area contributed by atoms with Crippen molar-refractivity contribution in [1.82, 2.24) is 9.88 Å². The van der Waals surface area contributed by atoms with Gasteiger partial charge in [0.25, 0.3) is 5.69 Å². The number of carbonyl (C=O) groups excluding carboxylic acids is 1. The molecule has 0 atom stereocenters. The van der Waals surface area contributed by atoms with Gasteiger partial charge in [-0.25, -0.2) is 0 Å². The highest BCUT2D eigenvalue weighted by Crippen LogP contribution is 2.34. The van der Waals surface area contributed by atoms with E-state index in [4.69, 9.17) is 0 Å². The molecule has 0 unspecified atom stereocenters. The zero-order valence-corrected chi connectivity index (χ0v) is 13.8. The Labute approximate surface area is 140 Å². The van der Waals surface area contributed by atoms with Gasteiger partial charge in [-0.15, -0.1) is 0 Å². The van der Waals surface area contributed by atoms with Crippen molar-refractivity contribution in [2.45, 2.75) is 12.8 Å². The molecule has 7 nitrogen and oxygen atoms in total. The molecule has 0 aliphatic carbocycles. The van der Waals surface area contributed by atoms with E-state index in [1.807, 2.05) is 6.07 Å². The van der Waals surface area contributed by atoms with E-state index in [1.165, 1.54) is 6.07 Å². The van der Waals surface area contributed by atoms with Crippen molar-refractivity contribution in [2.75, 3.05) is 32.1 Å². The second-order valence-electron chi connectivity index (χ2n) is 6.28. The summed E-state index contributed by atoms with van der Waals surface area (Å²) in [6, 6.07) is 5.15. The summed E-state index contributed by atoms with van der Waals surface area (Å²) in [5.74, 6) is 0.231. The van der Waals surface area contributed by atoms with E-state index in [-0.39, 0.29) is 22.4 Å². The summed E-state index contributed by atoms with van der Waals surface area (Å²) in [6.07, 6.45) is 4.78. The van der Waals surface area contributed by atoms with Crippen LogP contribution in [0, 0.1) is 16.0 Å². The average Bonchev–Trinajstić information content (AvgIpc) is 2.60. The molecule has 1 aromatic carbocycles. The zero-order chi connectivity index (χ0) is 17.3. The SMILES string of the molecule is CN(C)C(=O)C1CCN(c2ccc([N+](=O)[O-])c3cnccc23)CC1. The third kappa shape index (κ3) is 2.89. The van der Waals surface area contributed by atoms with E-state index >= 15 is 0 Å². The molecule has 0 N–H and O–H groups in total. The average molecular weight is 328 g/mol. The van der Waals surface area contributed by atoms with Crippen LogP contribution in [0.25, 0.3) is 10.8 Å². The topological polar surface area (TPSA) is 79.6 Å². The monoisotopic (exact) mass is 328 g/mol. The lowest BCUT2D eigenvalue weighted by Crippen LogP contribution is -2.40. The van der Waals surface area contributed by atoms with Gasteiger partial charge in [-0.3, -0.25) is 19.9 Å². The first-order valence-electron chi connectivity index (χ1n) is 7.96. The zero-order valence-electron chi connectivity index (χ0n) is 13.8. The van der Waals surface area contributed by atoms with E-state index in [2.05, 4.69) is 9.88 Å². The van der Waals surface area contributed by atoms with E-state index in [0.29, 0.717) is 5.39 Å². The molecule has 1 amide bonds. The van der Waals surface area contributed by atoms with Crippen molar-refractivity contribution in [3.8, 4) is 0 Å². The molecule has 1 aliphatic rings. The molecule has 0 radical (unpaired) electrons. The van der Waals surface area contributed by atoms with Gasteiger partial charge < -0.3 is 9.80 Å². The number of hydrogen-bond acceptors (Lipinski definition) is 5. The Bertz CT molecular complexity index is 782. The minimum atomic E-state index is -0.379. The van der Waals surface area contributed by atoms with Crippen LogP contribution >= 0.6 is 0 Å². The van der Waals surface area contributed by atoms with E-state index in [0.717, 1.165) is 37.0 Å². The fourth-order valence-electron chi connectivity index (χ4n) is 3.33. The fourth-order valence-corrected chi connectivity index (χ4v) is 3.33.